The number of rotatable bonds is 5. The molecule has 0 spiro atoms. The zero-order valence-electron chi connectivity index (χ0n) is 14.2. The number of amides is 1. The minimum Gasteiger partial charge on any atom is -0.378 e. The predicted molar refractivity (Wildman–Crippen MR) is 92.0 cm³/mol. The van der Waals surface area contributed by atoms with Crippen LogP contribution in [0, 0.1) is 0 Å². The van der Waals surface area contributed by atoms with Gasteiger partial charge < -0.3 is 9.64 Å². The van der Waals surface area contributed by atoms with Crippen LogP contribution < -0.4 is 0 Å². The fraction of sp³-hybridized carbons (Fsp3) is 0.765. The van der Waals surface area contributed by atoms with E-state index in [1.165, 1.54) is 12.8 Å². The summed E-state index contributed by atoms with van der Waals surface area (Å²) < 4.78 is 5.78. The van der Waals surface area contributed by atoms with Crippen LogP contribution in [0.5, 0.6) is 0 Å². The summed E-state index contributed by atoms with van der Waals surface area (Å²) in [5.41, 5.74) is 0.619. The molecule has 23 heavy (non-hydrogen) atoms. The highest BCUT2D eigenvalue weighted by atomic mass is 32.1. The molecule has 3 heterocycles. The Morgan fingerprint density at radius 1 is 1.35 bits per heavy atom. The fourth-order valence-electron chi connectivity index (χ4n) is 3.60. The number of carbonyl (C=O) groups excluding carboxylic acids is 1. The maximum absolute atomic E-state index is 12.7. The van der Waals surface area contributed by atoms with Gasteiger partial charge in [0.2, 0.25) is 0 Å². The van der Waals surface area contributed by atoms with Gasteiger partial charge >= 0.3 is 0 Å². The summed E-state index contributed by atoms with van der Waals surface area (Å²) in [6.07, 6.45) is 4.38. The van der Waals surface area contributed by atoms with Gasteiger partial charge in [-0.1, -0.05) is 20.3 Å². The van der Waals surface area contributed by atoms with Crippen molar-refractivity contribution in [2.75, 3.05) is 32.8 Å². The Balaban J connectivity index is 1.63. The topological polar surface area (TPSA) is 45.7 Å². The van der Waals surface area contributed by atoms with E-state index in [0.29, 0.717) is 17.8 Å². The van der Waals surface area contributed by atoms with Gasteiger partial charge in [0.25, 0.3) is 5.91 Å². The third-order valence-electron chi connectivity index (χ3n) is 4.76. The summed E-state index contributed by atoms with van der Waals surface area (Å²) in [5.74, 6) is 0.0841. The highest BCUT2D eigenvalue weighted by molar-refractivity contribution is 7.09. The van der Waals surface area contributed by atoms with Gasteiger partial charge in [-0.25, -0.2) is 4.98 Å². The van der Waals surface area contributed by atoms with Crippen LogP contribution in [-0.2, 0) is 11.2 Å². The van der Waals surface area contributed by atoms with Crippen molar-refractivity contribution in [3.8, 4) is 0 Å². The summed E-state index contributed by atoms with van der Waals surface area (Å²) >= 11 is 1.60. The Hall–Kier alpha value is -0.980. The van der Waals surface area contributed by atoms with Gasteiger partial charge in [0.15, 0.2) is 0 Å². The average molecular weight is 337 g/mol. The van der Waals surface area contributed by atoms with Crippen molar-refractivity contribution < 1.29 is 9.53 Å². The standard InChI is InChI=1S/C17H27N3O2S/c1-3-5-13-10-22-11-14-9-19(7-8-20(13)14)17(21)15-12-23-16(18-15)6-4-2/h12-14H,3-11H2,1-2H3/t13-,14+/m0/s1. The van der Waals surface area contributed by atoms with E-state index in [9.17, 15) is 4.79 Å². The van der Waals surface area contributed by atoms with E-state index in [4.69, 9.17) is 4.74 Å². The first-order chi connectivity index (χ1) is 11.2. The third kappa shape index (κ3) is 3.75. The van der Waals surface area contributed by atoms with E-state index in [-0.39, 0.29) is 5.91 Å². The molecule has 0 saturated carbocycles. The number of fused-ring (bicyclic) bond motifs is 1. The van der Waals surface area contributed by atoms with Gasteiger partial charge in [0, 0.05) is 31.1 Å². The summed E-state index contributed by atoms with van der Waals surface area (Å²) in [4.78, 5) is 21.7. The molecular weight excluding hydrogens is 310 g/mol. The van der Waals surface area contributed by atoms with Crippen LogP contribution in [0.1, 0.15) is 48.6 Å². The zero-order chi connectivity index (χ0) is 16.2. The number of hydrogen-bond donors (Lipinski definition) is 0. The maximum atomic E-state index is 12.7. The van der Waals surface area contributed by atoms with Crippen LogP contribution in [0.15, 0.2) is 5.38 Å². The summed E-state index contributed by atoms with van der Waals surface area (Å²) in [6.45, 7) is 8.45. The van der Waals surface area contributed by atoms with Crippen LogP contribution in [0.2, 0.25) is 0 Å². The summed E-state index contributed by atoms with van der Waals surface area (Å²) in [5, 5.41) is 2.98. The molecule has 3 rings (SSSR count). The number of aromatic nitrogens is 1. The predicted octanol–water partition coefficient (Wildman–Crippen LogP) is 2.42. The lowest BCUT2D eigenvalue weighted by Gasteiger charge is -2.47. The lowest BCUT2D eigenvalue weighted by Crippen LogP contribution is -2.62. The van der Waals surface area contributed by atoms with Crippen molar-refractivity contribution in [3.63, 3.8) is 0 Å². The number of aryl methyl sites for hydroxylation is 1. The Bertz CT molecular complexity index is 532. The van der Waals surface area contributed by atoms with Gasteiger partial charge in [-0.05, 0) is 19.3 Å². The number of thiazole rings is 1. The number of morpholine rings is 1. The molecule has 0 bridgehead atoms. The monoisotopic (exact) mass is 337 g/mol. The molecule has 0 N–H and O–H groups in total. The SMILES string of the molecule is CCCc1nc(C(=O)N2CCN3[C@@H](CCC)COC[C@H]3C2)cs1. The van der Waals surface area contributed by atoms with Crippen LogP contribution in [0.25, 0.3) is 0 Å². The number of carbonyl (C=O) groups is 1. The van der Waals surface area contributed by atoms with E-state index in [0.717, 1.165) is 50.7 Å². The summed E-state index contributed by atoms with van der Waals surface area (Å²) in [6, 6.07) is 0.859. The minimum absolute atomic E-state index is 0.0841. The lowest BCUT2D eigenvalue weighted by atomic mass is 10.0. The molecule has 1 amide bonds. The maximum Gasteiger partial charge on any atom is 0.273 e. The average Bonchev–Trinajstić information content (AvgIpc) is 3.03. The molecule has 5 nitrogen and oxygen atoms in total. The van der Waals surface area contributed by atoms with E-state index >= 15 is 0 Å². The second kappa shape index (κ2) is 7.73. The van der Waals surface area contributed by atoms with Crippen LogP contribution in [0.4, 0.5) is 0 Å². The Morgan fingerprint density at radius 2 is 2.22 bits per heavy atom. The van der Waals surface area contributed by atoms with Gasteiger partial charge in [-0.3, -0.25) is 9.69 Å². The molecule has 6 heteroatoms. The largest absolute Gasteiger partial charge is 0.378 e. The van der Waals surface area contributed by atoms with Crippen LogP contribution in [0.3, 0.4) is 0 Å². The molecule has 0 unspecified atom stereocenters. The molecule has 2 aliphatic rings. The van der Waals surface area contributed by atoms with Gasteiger partial charge in [0.05, 0.1) is 24.3 Å². The van der Waals surface area contributed by atoms with E-state index in [1.54, 1.807) is 11.3 Å². The molecule has 1 aromatic rings. The lowest BCUT2D eigenvalue weighted by molar-refractivity contribution is -0.0776. The fourth-order valence-corrected chi connectivity index (χ4v) is 4.48. The molecular formula is C17H27N3O2S. The van der Waals surface area contributed by atoms with Crippen molar-refractivity contribution in [3.05, 3.63) is 16.1 Å². The third-order valence-corrected chi connectivity index (χ3v) is 5.67. The van der Waals surface area contributed by atoms with Gasteiger partial charge in [-0.15, -0.1) is 11.3 Å². The first-order valence-corrected chi connectivity index (χ1v) is 9.68. The molecule has 2 atom stereocenters. The minimum atomic E-state index is 0.0841. The second-order valence-electron chi connectivity index (χ2n) is 6.50. The van der Waals surface area contributed by atoms with Crippen molar-refractivity contribution in [2.24, 2.45) is 0 Å². The molecule has 2 aliphatic heterocycles. The number of nitrogens with zero attached hydrogens (tertiary/aromatic N) is 3. The van der Waals surface area contributed by atoms with E-state index < -0.39 is 0 Å². The molecule has 128 valence electrons. The van der Waals surface area contributed by atoms with E-state index in [2.05, 4.69) is 23.7 Å². The highest BCUT2D eigenvalue weighted by Gasteiger charge is 2.37. The number of hydrogen-bond acceptors (Lipinski definition) is 5. The van der Waals surface area contributed by atoms with Crippen molar-refractivity contribution in [2.45, 2.75) is 51.6 Å². The first-order valence-electron chi connectivity index (χ1n) is 8.80. The van der Waals surface area contributed by atoms with Crippen LogP contribution in [-0.4, -0.2) is 65.6 Å². The van der Waals surface area contributed by atoms with E-state index in [1.807, 2.05) is 10.3 Å². The number of ether oxygens (including phenoxy) is 1. The Labute approximate surface area is 142 Å². The molecule has 2 saturated heterocycles. The van der Waals surface area contributed by atoms with Crippen molar-refractivity contribution in [1.29, 1.82) is 0 Å². The first kappa shape index (κ1) is 16.9. The quantitative estimate of drug-likeness (QED) is 0.828. The summed E-state index contributed by atoms with van der Waals surface area (Å²) in [7, 11) is 0. The van der Waals surface area contributed by atoms with Gasteiger partial charge in [-0.2, -0.15) is 0 Å². The molecule has 2 fully saturated rings. The van der Waals surface area contributed by atoms with Gasteiger partial charge in [0.1, 0.15) is 5.69 Å². The Kier molecular flexibility index (Phi) is 5.67. The normalized spacial score (nSPS) is 25.4. The second-order valence-corrected chi connectivity index (χ2v) is 7.44. The molecule has 0 aromatic carbocycles. The van der Waals surface area contributed by atoms with Crippen molar-refractivity contribution in [1.82, 2.24) is 14.8 Å². The molecule has 0 aliphatic carbocycles. The number of piperazine rings is 1. The van der Waals surface area contributed by atoms with Crippen LogP contribution >= 0.6 is 11.3 Å². The highest BCUT2D eigenvalue weighted by Crippen LogP contribution is 2.23. The van der Waals surface area contributed by atoms with Crippen molar-refractivity contribution >= 4 is 17.2 Å². The molecule has 1 aromatic heterocycles. The smallest absolute Gasteiger partial charge is 0.273 e. The zero-order valence-corrected chi connectivity index (χ0v) is 15.0. The molecule has 0 radical (unpaired) electrons. The Morgan fingerprint density at radius 3 is 3.00 bits per heavy atom.